The Morgan fingerprint density at radius 1 is 1.10 bits per heavy atom. The Kier molecular flexibility index (Phi) is 8.21. The number of ether oxygens (including phenoxy) is 2. The van der Waals surface area contributed by atoms with Crippen molar-refractivity contribution in [1.82, 2.24) is 14.9 Å². The molecule has 8 heteroatoms. The number of aryl methyl sites for hydroxylation is 1. The smallest absolute Gasteiger partial charge is 0.308 e. The molecule has 0 spiro atoms. The van der Waals surface area contributed by atoms with E-state index in [-0.39, 0.29) is 0 Å². The summed E-state index contributed by atoms with van der Waals surface area (Å²) in [4.78, 5) is 25.6. The number of fused-ring (bicyclic) bond motifs is 1. The van der Waals surface area contributed by atoms with E-state index in [0.29, 0.717) is 31.6 Å². The highest BCUT2D eigenvalue weighted by atomic mass is 16.5. The largest absolute Gasteiger partial charge is 0.488 e. The molecule has 2 fully saturated rings. The maximum absolute atomic E-state index is 11.6. The topological polar surface area (TPSA) is 88.0 Å². The summed E-state index contributed by atoms with van der Waals surface area (Å²) in [6.07, 6.45) is 6.60. The third-order valence-electron chi connectivity index (χ3n) is 9.03. The Morgan fingerprint density at radius 2 is 1.95 bits per heavy atom. The molecule has 3 aliphatic heterocycles. The van der Waals surface area contributed by atoms with Gasteiger partial charge >= 0.3 is 5.97 Å². The molecule has 3 aliphatic rings. The number of piperidine rings is 1. The summed E-state index contributed by atoms with van der Waals surface area (Å²) in [6.45, 7) is 9.86. The van der Waals surface area contributed by atoms with Crippen molar-refractivity contribution in [2.75, 3.05) is 37.7 Å². The zero-order chi connectivity index (χ0) is 28.3. The van der Waals surface area contributed by atoms with Gasteiger partial charge in [0, 0.05) is 57.2 Å². The van der Waals surface area contributed by atoms with Gasteiger partial charge in [-0.1, -0.05) is 23.8 Å². The molecule has 0 radical (unpaired) electrons. The van der Waals surface area contributed by atoms with Crippen LogP contribution in [0.5, 0.6) is 5.75 Å². The Bertz CT molecular complexity index is 1400. The van der Waals surface area contributed by atoms with Crippen LogP contribution < -0.4 is 9.64 Å². The fourth-order valence-corrected chi connectivity index (χ4v) is 6.57. The van der Waals surface area contributed by atoms with E-state index in [9.17, 15) is 9.90 Å². The van der Waals surface area contributed by atoms with Crippen LogP contribution in [0.15, 0.2) is 42.6 Å². The summed E-state index contributed by atoms with van der Waals surface area (Å²) in [5.41, 5.74) is 8.29. The summed E-state index contributed by atoms with van der Waals surface area (Å²) in [6, 6.07) is 13.2. The van der Waals surface area contributed by atoms with E-state index < -0.39 is 11.9 Å². The van der Waals surface area contributed by atoms with Crippen LogP contribution in [0.4, 0.5) is 5.95 Å². The monoisotopic (exact) mass is 556 g/mol. The van der Waals surface area contributed by atoms with Crippen LogP contribution in [0.3, 0.4) is 0 Å². The first-order valence-electron chi connectivity index (χ1n) is 14.9. The van der Waals surface area contributed by atoms with Crippen molar-refractivity contribution in [3.63, 3.8) is 0 Å². The van der Waals surface area contributed by atoms with Gasteiger partial charge in [-0.05, 0) is 86.4 Å². The van der Waals surface area contributed by atoms with Crippen LogP contribution in [-0.4, -0.2) is 64.8 Å². The van der Waals surface area contributed by atoms with Gasteiger partial charge in [-0.2, -0.15) is 0 Å². The average molecular weight is 557 g/mol. The zero-order valence-corrected chi connectivity index (χ0v) is 24.1. The van der Waals surface area contributed by atoms with Crippen molar-refractivity contribution in [1.29, 1.82) is 0 Å². The zero-order valence-electron chi connectivity index (χ0n) is 24.1. The van der Waals surface area contributed by atoms with E-state index in [0.717, 1.165) is 81.1 Å². The Hall–Kier alpha value is -3.49. The Balaban J connectivity index is 1.19. The van der Waals surface area contributed by atoms with Crippen LogP contribution in [-0.2, 0) is 29.1 Å². The fraction of sp³-hybridized carbons (Fsp3) is 0.485. The summed E-state index contributed by atoms with van der Waals surface area (Å²) >= 11 is 0. The second-order valence-electron chi connectivity index (χ2n) is 11.7. The van der Waals surface area contributed by atoms with Crippen molar-refractivity contribution < 1.29 is 19.4 Å². The van der Waals surface area contributed by atoms with E-state index in [1.807, 2.05) is 17.0 Å². The molecule has 1 atom stereocenters. The number of aliphatic carboxylic acids is 1. The van der Waals surface area contributed by atoms with E-state index in [2.05, 4.69) is 48.0 Å². The van der Waals surface area contributed by atoms with Gasteiger partial charge in [-0.3, -0.25) is 9.69 Å². The Morgan fingerprint density at radius 3 is 2.78 bits per heavy atom. The molecule has 0 amide bonds. The molecule has 0 bridgehead atoms. The first kappa shape index (κ1) is 27.7. The molecule has 1 aromatic heterocycles. The van der Waals surface area contributed by atoms with E-state index in [1.165, 1.54) is 22.3 Å². The second-order valence-corrected chi connectivity index (χ2v) is 11.7. The quantitative estimate of drug-likeness (QED) is 0.426. The lowest BCUT2D eigenvalue weighted by Gasteiger charge is -2.38. The molecule has 0 saturated carbocycles. The summed E-state index contributed by atoms with van der Waals surface area (Å²) in [5.74, 6) is 0.208. The normalized spacial score (nSPS) is 20.0. The van der Waals surface area contributed by atoms with Gasteiger partial charge in [-0.25, -0.2) is 9.97 Å². The van der Waals surface area contributed by atoms with Crippen LogP contribution in [0, 0.1) is 19.8 Å². The molecule has 6 rings (SSSR count). The number of benzene rings is 2. The minimum absolute atomic E-state index is 0.390. The molecular weight excluding hydrogens is 516 g/mol. The van der Waals surface area contributed by atoms with Crippen LogP contribution in [0.25, 0.3) is 11.3 Å². The van der Waals surface area contributed by atoms with Crippen molar-refractivity contribution >= 4 is 11.9 Å². The van der Waals surface area contributed by atoms with Crippen molar-refractivity contribution in [3.05, 3.63) is 70.4 Å². The number of carbonyl (C=O) groups is 1. The molecule has 1 N–H and O–H groups in total. The molecule has 4 heterocycles. The first-order chi connectivity index (χ1) is 20.0. The van der Waals surface area contributed by atoms with Gasteiger partial charge in [-0.15, -0.1) is 0 Å². The SMILES string of the molecule is Cc1ccc(OCc2ccc3c(c2C)CCN(C2CCOCC2)C3)c(-c2ccnc(N3CCC[C@H](C(=O)O)C3)n2)c1. The number of carboxylic acid groups (broad SMARTS) is 1. The molecule has 0 aliphatic carbocycles. The van der Waals surface area contributed by atoms with E-state index in [4.69, 9.17) is 14.5 Å². The lowest BCUT2D eigenvalue weighted by molar-refractivity contribution is -0.141. The molecule has 3 aromatic rings. The third kappa shape index (κ3) is 6.09. The number of nitrogens with zero attached hydrogens (tertiary/aromatic N) is 4. The van der Waals surface area contributed by atoms with Gasteiger partial charge in [0.05, 0.1) is 11.6 Å². The first-order valence-corrected chi connectivity index (χ1v) is 14.9. The number of hydrogen-bond donors (Lipinski definition) is 1. The van der Waals surface area contributed by atoms with Gasteiger partial charge in [0.1, 0.15) is 12.4 Å². The lowest BCUT2D eigenvalue weighted by atomic mass is 9.90. The third-order valence-corrected chi connectivity index (χ3v) is 9.03. The summed E-state index contributed by atoms with van der Waals surface area (Å²) in [7, 11) is 0. The number of hydrogen-bond acceptors (Lipinski definition) is 7. The van der Waals surface area contributed by atoms with Crippen molar-refractivity contribution in [2.24, 2.45) is 5.92 Å². The number of anilines is 1. The second kappa shape index (κ2) is 12.2. The molecule has 216 valence electrons. The summed E-state index contributed by atoms with van der Waals surface area (Å²) < 4.78 is 12.1. The highest BCUT2D eigenvalue weighted by Crippen LogP contribution is 2.33. The maximum Gasteiger partial charge on any atom is 0.308 e. The predicted octanol–water partition coefficient (Wildman–Crippen LogP) is 5.18. The molecule has 41 heavy (non-hydrogen) atoms. The molecule has 2 saturated heterocycles. The Labute approximate surface area is 242 Å². The van der Waals surface area contributed by atoms with Crippen molar-refractivity contribution in [2.45, 2.75) is 65.1 Å². The van der Waals surface area contributed by atoms with Gasteiger partial charge < -0.3 is 19.5 Å². The number of carboxylic acids is 1. The minimum Gasteiger partial charge on any atom is -0.488 e. The minimum atomic E-state index is -0.755. The van der Waals surface area contributed by atoms with Crippen LogP contribution in [0.1, 0.15) is 53.5 Å². The fourth-order valence-electron chi connectivity index (χ4n) is 6.57. The highest BCUT2D eigenvalue weighted by Gasteiger charge is 2.28. The molecular formula is C33H40N4O4. The van der Waals surface area contributed by atoms with Crippen molar-refractivity contribution in [3.8, 4) is 17.0 Å². The highest BCUT2D eigenvalue weighted by molar-refractivity contribution is 5.71. The maximum atomic E-state index is 11.6. The van der Waals surface area contributed by atoms with E-state index >= 15 is 0 Å². The van der Waals surface area contributed by atoms with Gasteiger partial charge in [0.15, 0.2) is 0 Å². The van der Waals surface area contributed by atoms with Crippen LogP contribution in [0.2, 0.25) is 0 Å². The number of rotatable bonds is 7. The van der Waals surface area contributed by atoms with Gasteiger partial charge in [0.2, 0.25) is 5.95 Å². The standard InChI is InChI=1S/C33H40N4O4/c1-22-5-8-31(29(18-22)30-9-13-34-33(35-30)37-14-3-4-25(20-37)32(38)39)41-21-26-7-6-24-19-36(15-10-28(24)23(26)2)27-11-16-40-17-12-27/h5-9,13,18,25,27H,3-4,10-12,14-17,19-21H2,1-2H3,(H,38,39)/t25-/m0/s1. The van der Waals surface area contributed by atoms with Gasteiger partial charge in [0.25, 0.3) is 0 Å². The predicted molar refractivity (Wildman–Crippen MR) is 158 cm³/mol. The average Bonchev–Trinajstić information content (AvgIpc) is 3.01. The molecule has 8 nitrogen and oxygen atoms in total. The number of aromatic nitrogens is 2. The van der Waals surface area contributed by atoms with Crippen LogP contribution >= 0.6 is 0 Å². The molecule has 2 aromatic carbocycles. The van der Waals surface area contributed by atoms with E-state index in [1.54, 1.807) is 6.20 Å². The lowest BCUT2D eigenvalue weighted by Crippen LogP contribution is -2.42. The summed E-state index contributed by atoms with van der Waals surface area (Å²) in [5, 5.41) is 9.52. The molecule has 0 unspecified atom stereocenters.